The van der Waals surface area contributed by atoms with Crippen molar-refractivity contribution in [1.29, 1.82) is 0 Å². The van der Waals surface area contributed by atoms with Gasteiger partial charge < -0.3 is 5.11 Å². The maximum Gasteiger partial charge on any atom is 0.331 e. The Labute approximate surface area is 60.9 Å². The fourth-order valence-electron chi connectivity index (χ4n) is 0.420. The molecule has 0 heterocycles. The minimum absolute atomic E-state index is 0.365. The molecule has 56 valence electrons. The Morgan fingerprint density at radius 2 is 2.20 bits per heavy atom. The number of rotatable bonds is 3. The highest BCUT2D eigenvalue weighted by atomic mass is 16.4. The number of carboxylic acid groups (broad SMARTS) is 1. The van der Waals surface area contributed by atoms with Crippen LogP contribution in [0, 0.1) is 0 Å². The first-order valence-corrected chi connectivity index (χ1v) is 3.25. The average Bonchev–Trinajstić information content (AvgIpc) is 1.88. The van der Waals surface area contributed by atoms with E-state index in [-0.39, 0.29) is 0 Å². The van der Waals surface area contributed by atoms with Crippen LogP contribution in [0.15, 0.2) is 23.8 Å². The summed E-state index contributed by atoms with van der Waals surface area (Å²) >= 11 is 0. The Balaban J connectivity index is 3.92. The van der Waals surface area contributed by atoms with Gasteiger partial charge in [0.2, 0.25) is 0 Å². The molecular formula is C8H12O2. The molecule has 0 spiro atoms. The highest BCUT2D eigenvalue weighted by molar-refractivity contribution is 5.86. The van der Waals surface area contributed by atoms with Crippen molar-refractivity contribution in [2.45, 2.75) is 20.3 Å². The number of allylic oxidation sites excluding steroid dienone is 3. The number of hydrogen-bond acceptors (Lipinski definition) is 1. The molecule has 0 fully saturated rings. The van der Waals surface area contributed by atoms with E-state index in [2.05, 4.69) is 0 Å². The summed E-state index contributed by atoms with van der Waals surface area (Å²) in [4.78, 5) is 10.2. The van der Waals surface area contributed by atoms with Crippen LogP contribution in [0.5, 0.6) is 0 Å². The standard InChI is InChI=1S/C8H12O2/c1-3-4-5-6-7(2)8(9)10/h4-6H,3H2,1-2H3,(H,9,10). The van der Waals surface area contributed by atoms with Crippen molar-refractivity contribution in [2.24, 2.45) is 0 Å². The van der Waals surface area contributed by atoms with Crippen molar-refractivity contribution < 1.29 is 9.90 Å². The van der Waals surface area contributed by atoms with Crippen LogP contribution < -0.4 is 0 Å². The molecule has 1 N–H and O–H groups in total. The van der Waals surface area contributed by atoms with Crippen LogP contribution in [-0.4, -0.2) is 11.1 Å². The second-order valence-electron chi connectivity index (χ2n) is 1.99. The zero-order valence-electron chi connectivity index (χ0n) is 6.29. The van der Waals surface area contributed by atoms with Gasteiger partial charge >= 0.3 is 5.97 Å². The van der Waals surface area contributed by atoms with Crippen molar-refractivity contribution in [1.82, 2.24) is 0 Å². The van der Waals surface area contributed by atoms with Gasteiger partial charge in [-0.05, 0) is 13.3 Å². The maximum atomic E-state index is 10.2. The molecule has 0 bridgehead atoms. The summed E-state index contributed by atoms with van der Waals surface area (Å²) in [6.07, 6.45) is 6.19. The Morgan fingerprint density at radius 1 is 1.60 bits per heavy atom. The van der Waals surface area contributed by atoms with Crippen LogP contribution in [-0.2, 0) is 4.79 Å². The molecular weight excluding hydrogens is 128 g/mol. The predicted molar refractivity (Wildman–Crippen MR) is 40.8 cm³/mol. The van der Waals surface area contributed by atoms with Crippen LogP contribution in [0.3, 0.4) is 0 Å². The van der Waals surface area contributed by atoms with E-state index < -0.39 is 5.97 Å². The molecule has 0 atom stereocenters. The van der Waals surface area contributed by atoms with Crippen LogP contribution >= 0.6 is 0 Å². The van der Waals surface area contributed by atoms with Crippen molar-refractivity contribution >= 4 is 5.97 Å². The third-order valence-electron chi connectivity index (χ3n) is 1.06. The molecule has 0 aromatic carbocycles. The molecule has 0 aliphatic carbocycles. The van der Waals surface area contributed by atoms with E-state index in [0.717, 1.165) is 6.42 Å². The molecule has 0 aromatic heterocycles. The second kappa shape index (κ2) is 4.79. The summed E-state index contributed by atoms with van der Waals surface area (Å²) in [5, 5.41) is 8.38. The quantitative estimate of drug-likeness (QED) is 0.480. The van der Waals surface area contributed by atoms with Gasteiger partial charge in [-0.15, -0.1) is 0 Å². The summed E-state index contributed by atoms with van der Waals surface area (Å²) in [5.74, 6) is -0.860. The summed E-state index contributed by atoms with van der Waals surface area (Å²) in [6.45, 7) is 3.57. The van der Waals surface area contributed by atoms with Gasteiger partial charge in [0.1, 0.15) is 0 Å². The van der Waals surface area contributed by atoms with Crippen molar-refractivity contribution in [2.75, 3.05) is 0 Å². The minimum atomic E-state index is -0.860. The van der Waals surface area contributed by atoms with E-state index in [4.69, 9.17) is 5.11 Å². The lowest BCUT2D eigenvalue weighted by Gasteiger charge is -1.86. The van der Waals surface area contributed by atoms with Crippen molar-refractivity contribution in [3.05, 3.63) is 23.8 Å². The molecule has 0 radical (unpaired) electrons. The SMILES string of the molecule is CCC=CC=C(C)C(=O)O. The van der Waals surface area contributed by atoms with Crippen LogP contribution in [0.4, 0.5) is 0 Å². The third-order valence-corrected chi connectivity index (χ3v) is 1.06. The van der Waals surface area contributed by atoms with Gasteiger partial charge in [0.15, 0.2) is 0 Å². The van der Waals surface area contributed by atoms with Gasteiger partial charge in [-0.25, -0.2) is 4.79 Å². The first-order valence-electron chi connectivity index (χ1n) is 3.25. The van der Waals surface area contributed by atoms with E-state index in [1.54, 1.807) is 19.1 Å². The van der Waals surface area contributed by atoms with Gasteiger partial charge in [0.25, 0.3) is 0 Å². The monoisotopic (exact) mass is 140 g/mol. The predicted octanol–water partition coefficient (Wildman–Crippen LogP) is 1.98. The highest BCUT2D eigenvalue weighted by Gasteiger charge is 1.94. The van der Waals surface area contributed by atoms with Gasteiger partial charge in [-0.1, -0.05) is 25.2 Å². The molecule has 0 saturated carbocycles. The van der Waals surface area contributed by atoms with Gasteiger partial charge in [0, 0.05) is 5.57 Å². The lowest BCUT2D eigenvalue weighted by molar-refractivity contribution is -0.132. The normalized spacial score (nSPS) is 12.4. The van der Waals surface area contributed by atoms with Crippen molar-refractivity contribution in [3.63, 3.8) is 0 Å². The zero-order valence-corrected chi connectivity index (χ0v) is 6.29. The first kappa shape index (κ1) is 8.95. The zero-order chi connectivity index (χ0) is 7.98. The van der Waals surface area contributed by atoms with Crippen LogP contribution in [0.2, 0.25) is 0 Å². The maximum absolute atomic E-state index is 10.2. The molecule has 0 aromatic rings. The topological polar surface area (TPSA) is 37.3 Å². The molecule has 0 amide bonds. The van der Waals surface area contributed by atoms with E-state index in [9.17, 15) is 4.79 Å². The molecule has 0 aliphatic heterocycles. The van der Waals surface area contributed by atoms with E-state index in [1.165, 1.54) is 0 Å². The smallest absolute Gasteiger partial charge is 0.331 e. The molecule has 10 heavy (non-hydrogen) atoms. The van der Waals surface area contributed by atoms with Crippen LogP contribution in [0.25, 0.3) is 0 Å². The summed E-state index contributed by atoms with van der Waals surface area (Å²) in [5.41, 5.74) is 0.365. The largest absolute Gasteiger partial charge is 0.478 e. The minimum Gasteiger partial charge on any atom is -0.478 e. The van der Waals surface area contributed by atoms with Gasteiger partial charge in [-0.3, -0.25) is 0 Å². The van der Waals surface area contributed by atoms with E-state index in [0.29, 0.717) is 5.57 Å². The Morgan fingerprint density at radius 3 is 2.60 bits per heavy atom. The molecule has 0 saturated heterocycles. The van der Waals surface area contributed by atoms with E-state index >= 15 is 0 Å². The molecule has 2 heteroatoms. The highest BCUT2D eigenvalue weighted by Crippen LogP contribution is 1.92. The first-order chi connectivity index (χ1) is 4.68. The third kappa shape index (κ3) is 3.89. The average molecular weight is 140 g/mol. The summed E-state index contributed by atoms with van der Waals surface area (Å²) < 4.78 is 0. The lowest BCUT2D eigenvalue weighted by atomic mass is 10.2. The molecule has 0 aliphatic rings. The Bertz CT molecular complexity index is 166. The number of carboxylic acids is 1. The molecule has 0 unspecified atom stereocenters. The van der Waals surface area contributed by atoms with Crippen molar-refractivity contribution in [3.8, 4) is 0 Å². The van der Waals surface area contributed by atoms with E-state index in [1.807, 2.05) is 13.0 Å². The summed E-state index contributed by atoms with van der Waals surface area (Å²) in [6, 6.07) is 0. The molecule has 2 nitrogen and oxygen atoms in total. The fourth-order valence-corrected chi connectivity index (χ4v) is 0.420. The van der Waals surface area contributed by atoms with Gasteiger partial charge in [0.05, 0.1) is 0 Å². The number of carbonyl (C=O) groups is 1. The Hall–Kier alpha value is -1.05. The lowest BCUT2D eigenvalue weighted by Crippen LogP contribution is -1.94. The van der Waals surface area contributed by atoms with Crippen LogP contribution in [0.1, 0.15) is 20.3 Å². The summed E-state index contributed by atoms with van der Waals surface area (Å²) in [7, 11) is 0. The van der Waals surface area contributed by atoms with Gasteiger partial charge in [-0.2, -0.15) is 0 Å². The Kier molecular flexibility index (Phi) is 4.29. The number of hydrogen-bond donors (Lipinski definition) is 1. The second-order valence-corrected chi connectivity index (χ2v) is 1.99. The fraction of sp³-hybridized carbons (Fsp3) is 0.375. The molecule has 0 rings (SSSR count). The number of aliphatic carboxylic acids is 1.